The quantitative estimate of drug-likeness (QED) is 0.652. The minimum absolute atomic E-state index is 0.129. The number of nitrogens with zero attached hydrogens (tertiary/aromatic N) is 2. The first-order valence-electron chi connectivity index (χ1n) is 3.81. The molecule has 0 spiro atoms. The van der Waals surface area contributed by atoms with Gasteiger partial charge in [-0.15, -0.1) is 0 Å². The third-order valence-electron chi connectivity index (χ3n) is 1.78. The lowest BCUT2D eigenvalue weighted by molar-refractivity contribution is 0.0687. The molecule has 0 aromatic carbocycles. The molecule has 0 radical (unpaired) electrons. The van der Waals surface area contributed by atoms with E-state index in [0.717, 1.165) is 0 Å². The van der Waals surface area contributed by atoms with Crippen molar-refractivity contribution >= 4 is 17.6 Å². The highest BCUT2D eigenvalue weighted by molar-refractivity contribution is 6.30. The molecule has 14 heavy (non-hydrogen) atoms. The Kier molecular flexibility index (Phi) is 3.10. The summed E-state index contributed by atoms with van der Waals surface area (Å²) in [6.07, 6.45) is 0. The lowest BCUT2D eigenvalue weighted by Gasteiger charge is -2.06. The zero-order chi connectivity index (χ0) is 10.9. The van der Waals surface area contributed by atoms with Crippen molar-refractivity contribution in [3.8, 4) is 0 Å². The number of carboxylic acid groups (broad SMARTS) is 1. The topological polar surface area (TPSA) is 101 Å². The highest BCUT2D eigenvalue weighted by Gasteiger charge is 2.24. The molecule has 1 rings (SSSR count). The number of aromatic nitrogens is 2. The van der Waals surface area contributed by atoms with Gasteiger partial charge in [0.05, 0.1) is 12.6 Å². The van der Waals surface area contributed by atoms with Crippen LogP contribution in [0.15, 0.2) is 0 Å². The molecule has 0 saturated carbocycles. The van der Waals surface area contributed by atoms with Gasteiger partial charge in [0.15, 0.2) is 5.69 Å². The fourth-order valence-electron chi connectivity index (χ4n) is 1.10. The van der Waals surface area contributed by atoms with Crippen LogP contribution in [0.2, 0.25) is 5.15 Å². The van der Waals surface area contributed by atoms with E-state index in [1.807, 2.05) is 0 Å². The van der Waals surface area contributed by atoms with Gasteiger partial charge < -0.3 is 15.9 Å². The van der Waals surface area contributed by atoms with E-state index < -0.39 is 12.0 Å². The highest BCUT2D eigenvalue weighted by atomic mass is 35.5. The molecule has 6 nitrogen and oxygen atoms in total. The molecule has 1 aromatic heterocycles. The van der Waals surface area contributed by atoms with Gasteiger partial charge in [-0.25, -0.2) is 4.79 Å². The fraction of sp³-hybridized carbons (Fsp3) is 0.429. The van der Waals surface area contributed by atoms with Gasteiger partial charge in [0, 0.05) is 12.6 Å². The van der Waals surface area contributed by atoms with Crippen LogP contribution in [-0.4, -0.2) is 32.6 Å². The summed E-state index contributed by atoms with van der Waals surface area (Å²) in [5.74, 6) is -1.22. The monoisotopic (exact) mass is 219 g/mol. The number of carboxylic acids is 1. The van der Waals surface area contributed by atoms with Crippen LogP contribution in [0.4, 0.5) is 0 Å². The van der Waals surface area contributed by atoms with E-state index in [2.05, 4.69) is 5.10 Å². The molecule has 0 amide bonds. The van der Waals surface area contributed by atoms with Crippen molar-refractivity contribution in [2.75, 3.05) is 6.61 Å². The molecular weight excluding hydrogens is 210 g/mol. The number of aromatic carboxylic acids is 1. The molecule has 1 atom stereocenters. The normalized spacial score (nSPS) is 12.9. The first-order chi connectivity index (χ1) is 6.49. The van der Waals surface area contributed by atoms with Crippen LogP contribution in [0.5, 0.6) is 0 Å². The Balaban J connectivity index is 3.30. The summed E-state index contributed by atoms with van der Waals surface area (Å²) < 4.78 is 1.20. The Morgan fingerprint density at radius 3 is 2.79 bits per heavy atom. The summed E-state index contributed by atoms with van der Waals surface area (Å²) >= 11 is 5.78. The second kappa shape index (κ2) is 3.95. The maximum Gasteiger partial charge on any atom is 0.356 e. The molecule has 0 aliphatic carbocycles. The predicted molar refractivity (Wildman–Crippen MR) is 49.2 cm³/mol. The van der Waals surface area contributed by atoms with E-state index in [-0.39, 0.29) is 23.0 Å². The van der Waals surface area contributed by atoms with Crippen LogP contribution in [-0.2, 0) is 7.05 Å². The number of aryl methyl sites for hydroxylation is 1. The van der Waals surface area contributed by atoms with Crippen LogP contribution in [0, 0.1) is 0 Å². The fourth-order valence-corrected chi connectivity index (χ4v) is 1.37. The van der Waals surface area contributed by atoms with Gasteiger partial charge in [-0.2, -0.15) is 5.10 Å². The van der Waals surface area contributed by atoms with Crippen molar-refractivity contribution in [3.63, 3.8) is 0 Å². The molecule has 0 fully saturated rings. The van der Waals surface area contributed by atoms with Gasteiger partial charge in [0.1, 0.15) is 5.15 Å². The number of hydrogen-bond donors (Lipinski definition) is 3. The Morgan fingerprint density at radius 2 is 2.36 bits per heavy atom. The summed E-state index contributed by atoms with van der Waals surface area (Å²) in [6, 6.07) is -0.831. The van der Waals surface area contributed by atoms with E-state index >= 15 is 0 Å². The first kappa shape index (κ1) is 11.0. The summed E-state index contributed by atoms with van der Waals surface area (Å²) in [6.45, 7) is -0.383. The number of rotatable bonds is 3. The van der Waals surface area contributed by atoms with Gasteiger partial charge in [0.2, 0.25) is 0 Å². The third-order valence-corrected chi connectivity index (χ3v) is 2.23. The summed E-state index contributed by atoms with van der Waals surface area (Å²) in [4.78, 5) is 10.7. The van der Waals surface area contributed by atoms with E-state index in [1.54, 1.807) is 0 Å². The minimum Gasteiger partial charge on any atom is -0.476 e. The Bertz CT molecular complexity index is 363. The molecule has 0 bridgehead atoms. The van der Waals surface area contributed by atoms with Crippen molar-refractivity contribution in [2.45, 2.75) is 6.04 Å². The van der Waals surface area contributed by atoms with Gasteiger partial charge in [-0.3, -0.25) is 4.68 Å². The van der Waals surface area contributed by atoms with Gasteiger partial charge in [-0.05, 0) is 0 Å². The maximum absolute atomic E-state index is 10.7. The van der Waals surface area contributed by atoms with Crippen molar-refractivity contribution in [1.82, 2.24) is 9.78 Å². The molecule has 1 aromatic rings. The smallest absolute Gasteiger partial charge is 0.356 e. The number of hydrogen-bond acceptors (Lipinski definition) is 4. The molecule has 0 aliphatic rings. The van der Waals surface area contributed by atoms with Crippen LogP contribution >= 0.6 is 11.6 Å². The molecule has 0 aliphatic heterocycles. The zero-order valence-corrected chi connectivity index (χ0v) is 8.19. The second-order valence-corrected chi connectivity index (χ2v) is 3.13. The highest BCUT2D eigenvalue weighted by Crippen LogP contribution is 2.24. The second-order valence-electron chi connectivity index (χ2n) is 2.77. The zero-order valence-electron chi connectivity index (χ0n) is 7.44. The summed E-state index contributed by atoms with van der Waals surface area (Å²) in [7, 11) is 1.50. The molecule has 1 heterocycles. The number of aliphatic hydroxyl groups is 1. The Labute approximate surface area is 84.9 Å². The molecule has 1 unspecified atom stereocenters. The summed E-state index contributed by atoms with van der Waals surface area (Å²) in [5.41, 5.74) is 5.43. The van der Waals surface area contributed by atoms with Crippen LogP contribution in [0.1, 0.15) is 22.1 Å². The standard InChI is InChI=1S/C7H10ClN3O3/c1-11-6(8)4(3(9)2-12)5(10-11)7(13)14/h3,12H,2,9H2,1H3,(H,13,14). The van der Waals surface area contributed by atoms with Crippen molar-refractivity contribution in [3.05, 3.63) is 16.4 Å². The van der Waals surface area contributed by atoms with Gasteiger partial charge >= 0.3 is 5.97 Å². The van der Waals surface area contributed by atoms with Crippen LogP contribution < -0.4 is 5.73 Å². The van der Waals surface area contributed by atoms with Crippen LogP contribution in [0.25, 0.3) is 0 Å². The first-order valence-corrected chi connectivity index (χ1v) is 4.19. The maximum atomic E-state index is 10.7. The molecule has 7 heteroatoms. The number of nitrogens with two attached hydrogens (primary N) is 1. The minimum atomic E-state index is -1.22. The number of aliphatic hydroxyl groups excluding tert-OH is 1. The molecule has 4 N–H and O–H groups in total. The summed E-state index contributed by atoms with van der Waals surface area (Å²) in [5, 5.41) is 21.4. The van der Waals surface area contributed by atoms with E-state index in [9.17, 15) is 4.79 Å². The van der Waals surface area contributed by atoms with Crippen molar-refractivity contribution < 1.29 is 15.0 Å². The molecular formula is C7H10ClN3O3. The SMILES string of the molecule is Cn1nc(C(=O)O)c(C(N)CO)c1Cl. The van der Waals surface area contributed by atoms with E-state index in [4.69, 9.17) is 27.5 Å². The number of halogens is 1. The average molecular weight is 220 g/mol. The van der Waals surface area contributed by atoms with Crippen molar-refractivity contribution in [1.29, 1.82) is 0 Å². The average Bonchev–Trinajstić information content (AvgIpc) is 2.43. The largest absolute Gasteiger partial charge is 0.476 e. The lowest BCUT2D eigenvalue weighted by atomic mass is 10.1. The third kappa shape index (κ3) is 1.72. The van der Waals surface area contributed by atoms with E-state index in [0.29, 0.717) is 0 Å². The lowest BCUT2D eigenvalue weighted by Crippen LogP contribution is -2.17. The Hall–Kier alpha value is -1.11. The van der Waals surface area contributed by atoms with E-state index in [1.165, 1.54) is 11.7 Å². The van der Waals surface area contributed by atoms with Gasteiger partial charge in [-0.1, -0.05) is 11.6 Å². The van der Waals surface area contributed by atoms with Crippen molar-refractivity contribution in [2.24, 2.45) is 12.8 Å². The Morgan fingerprint density at radius 1 is 1.79 bits per heavy atom. The number of carbonyl (C=O) groups is 1. The molecule has 78 valence electrons. The predicted octanol–water partition coefficient (Wildman–Crippen LogP) is -0.236. The van der Waals surface area contributed by atoms with Gasteiger partial charge in [0.25, 0.3) is 0 Å². The molecule has 0 saturated heterocycles. The van der Waals surface area contributed by atoms with Crippen LogP contribution in [0.3, 0.4) is 0 Å².